The second kappa shape index (κ2) is 3.92. The van der Waals surface area contributed by atoms with Crippen molar-refractivity contribution in [1.82, 2.24) is 0 Å². The zero-order valence-electron chi connectivity index (χ0n) is 9.95. The van der Waals surface area contributed by atoms with Crippen LogP contribution in [0.3, 0.4) is 0 Å². The van der Waals surface area contributed by atoms with E-state index in [1.807, 2.05) is 0 Å². The van der Waals surface area contributed by atoms with Gasteiger partial charge in [0.15, 0.2) is 0 Å². The topological polar surface area (TPSA) is 44.5 Å². The van der Waals surface area contributed by atoms with E-state index in [4.69, 9.17) is 15.0 Å². The maximum atomic E-state index is 5.94. The van der Waals surface area contributed by atoms with Crippen molar-refractivity contribution in [2.24, 2.45) is 5.73 Å². The van der Waals surface area contributed by atoms with Gasteiger partial charge in [-0.3, -0.25) is 0 Å². The molecule has 0 radical (unpaired) electrons. The van der Waals surface area contributed by atoms with Crippen molar-refractivity contribution in [3.63, 3.8) is 0 Å². The van der Waals surface area contributed by atoms with Crippen molar-refractivity contribution in [3.8, 4) is 0 Å². The van der Waals surface area contributed by atoms with E-state index >= 15 is 0 Å². The molecule has 2 fully saturated rings. The normalized spacial score (nSPS) is 37.0. The monoisotopic (exact) mass is 233 g/mol. The number of hydrogen-bond acceptors (Lipinski definition) is 3. The lowest BCUT2D eigenvalue weighted by Crippen LogP contribution is -2.42. The van der Waals surface area contributed by atoms with Crippen LogP contribution in [0.25, 0.3) is 0 Å². The van der Waals surface area contributed by atoms with Crippen LogP contribution in [0.5, 0.6) is 0 Å². The Morgan fingerprint density at radius 3 is 1.80 bits per heavy atom. The Bertz CT molecular complexity index is 226. The molecule has 0 aromatic rings. The first kappa shape index (κ1) is 13.3. The van der Waals surface area contributed by atoms with Crippen molar-refractivity contribution >= 4 is 19.5 Å². The highest BCUT2D eigenvalue weighted by molar-refractivity contribution is 6.47. The van der Waals surface area contributed by atoms with Crippen molar-refractivity contribution in [1.29, 1.82) is 0 Å². The predicted molar refractivity (Wildman–Crippen MR) is 64.3 cm³/mol. The summed E-state index contributed by atoms with van der Waals surface area (Å²) in [6, 6.07) is 0.360. The number of halogens is 1. The van der Waals surface area contributed by atoms with E-state index in [9.17, 15) is 0 Å². The Morgan fingerprint density at radius 2 is 1.47 bits per heavy atom. The maximum absolute atomic E-state index is 5.94. The highest BCUT2D eigenvalue weighted by Crippen LogP contribution is 2.45. The molecule has 0 amide bonds. The van der Waals surface area contributed by atoms with Crippen molar-refractivity contribution in [3.05, 3.63) is 0 Å². The minimum Gasteiger partial charge on any atom is -0.403 e. The largest absolute Gasteiger partial charge is 0.461 e. The van der Waals surface area contributed by atoms with Gasteiger partial charge in [0, 0.05) is 6.04 Å². The SMILES string of the molecule is CC1(C)OB(C2CC(N)C2)OC1(C)C.Cl. The van der Waals surface area contributed by atoms with E-state index < -0.39 is 0 Å². The molecule has 15 heavy (non-hydrogen) atoms. The molecule has 1 heterocycles. The van der Waals surface area contributed by atoms with Gasteiger partial charge in [-0.2, -0.15) is 0 Å². The van der Waals surface area contributed by atoms with Crippen LogP contribution in [0.2, 0.25) is 5.82 Å². The number of rotatable bonds is 1. The van der Waals surface area contributed by atoms with Gasteiger partial charge in [0.05, 0.1) is 11.2 Å². The van der Waals surface area contributed by atoms with Gasteiger partial charge in [0.1, 0.15) is 0 Å². The molecule has 0 unspecified atom stereocenters. The fourth-order valence-electron chi connectivity index (χ4n) is 2.01. The Hall–Kier alpha value is 0.235. The van der Waals surface area contributed by atoms with E-state index in [2.05, 4.69) is 27.7 Å². The molecule has 0 aromatic heterocycles. The highest BCUT2D eigenvalue weighted by Gasteiger charge is 2.55. The highest BCUT2D eigenvalue weighted by atomic mass is 35.5. The van der Waals surface area contributed by atoms with Crippen LogP contribution in [0.15, 0.2) is 0 Å². The Morgan fingerprint density at radius 1 is 1.07 bits per heavy atom. The molecule has 1 saturated heterocycles. The smallest absolute Gasteiger partial charge is 0.403 e. The Kier molecular flexibility index (Phi) is 3.47. The summed E-state index contributed by atoms with van der Waals surface area (Å²) in [5.74, 6) is 0.506. The molecule has 1 aliphatic heterocycles. The second-order valence-corrected chi connectivity index (χ2v) is 5.62. The van der Waals surface area contributed by atoms with E-state index in [0.29, 0.717) is 11.9 Å². The molecule has 1 saturated carbocycles. The maximum Gasteiger partial charge on any atom is 0.461 e. The van der Waals surface area contributed by atoms with Crippen molar-refractivity contribution < 1.29 is 9.31 Å². The zero-order valence-corrected chi connectivity index (χ0v) is 10.8. The van der Waals surface area contributed by atoms with Gasteiger partial charge in [-0.1, -0.05) is 0 Å². The van der Waals surface area contributed by atoms with Crippen LogP contribution < -0.4 is 5.73 Å². The first-order valence-corrected chi connectivity index (χ1v) is 5.43. The van der Waals surface area contributed by atoms with Gasteiger partial charge in [0.25, 0.3) is 0 Å². The molecule has 2 N–H and O–H groups in total. The molecule has 2 aliphatic rings. The third-order valence-corrected chi connectivity index (χ3v) is 3.87. The summed E-state index contributed by atoms with van der Waals surface area (Å²) in [5, 5.41) is 0. The lowest BCUT2D eigenvalue weighted by Gasteiger charge is -2.33. The van der Waals surface area contributed by atoms with Crippen molar-refractivity contribution in [2.75, 3.05) is 0 Å². The lowest BCUT2D eigenvalue weighted by molar-refractivity contribution is 0.00578. The third kappa shape index (κ3) is 2.18. The fourth-order valence-corrected chi connectivity index (χ4v) is 2.01. The average molecular weight is 234 g/mol. The first-order chi connectivity index (χ1) is 6.32. The molecule has 2 rings (SSSR count). The zero-order chi connectivity index (χ0) is 10.6. The van der Waals surface area contributed by atoms with E-state index in [1.54, 1.807) is 0 Å². The molecule has 0 aromatic carbocycles. The average Bonchev–Trinajstić information content (AvgIpc) is 2.15. The molecular weight excluding hydrogens is 212 g/mol. The summed E-state index contributed by atoms with van der Waals surface area (Å²) in [4.78, 5) is 0. The summed E-state index contributed by atoms with van der Waals surface area (Å²) in [7, 11) is -0.0419. The van der Waals surface area contributed by atoms with Crippen LogP contribution in [-0.4, -0.2) is 24.4 Å². The molecule has 0 spiro atoms. The van der Waals surface area contributed by atoms with Gasteiger partial charge in [0.2, 0.25) is 0 Å². The molecule has 88 valence electrons. The van der Waals surface area contributed by atoms with Crippen LogP contribution in [-0.2, 0) is 9.31 Å². The molecule has 0 bridgehead atoms. The summed E-state index contributed by atoms with van der Waals surface area (Å²) < 4.78 is 11.9. The predicted octanol–water partition coefficient (Wildman–Crippen LogP) is 1.99. The van der Waals surface area contributed by atoms with Gasteiger partial charge >= 0.3 is 7.12 Å². The molecule has 5 heteroatoms. The van der Waals surface area contributed by atoms with E-state index in [1.165, 1.54) is 0 Å². The van der Waals surface area contributed by atoms with Crippen LogP contribution in [0, 0.1) is 0 Å². The summed E-state index contributed by atoms with van der Waals surface area (Å²) in [6.07, 6.45) is 2.08. The second-order valence-electron chi connectivity index (χ2n) is 5.62. The number of nitrogens with two attached hydrogens (primary N) is 1. The van der Waals surface area contributed by atoms with Crippen LogP contribution in [0.1, 0.15) is 40.5 Å². The van der Waals surface area contributed by atoms with Crippen LogP contribution >= 0.6 is 12.4 Å². The first-order valence-electron chi connectivity index (χ1n) is 5.43. The van der Waals surface area contributed by atoms with Gasteiger partial charge in [-0.25, -0.2) is 0 Å². The minimum absolute atomic E-state index is 0. The lowest BCUT2D eigenvalue weighted by atomic mass is 9.58. The van der Waals surface area contributed by atoms with Gasteiger partial charge in [-0.15, -0.1) is 12.4 Å². The Balaban J connectivity index is 0.00000112. The Labute approximate surface area is 98.6 Å². The quantitative estimate of drug-likeness (QED) is 0.705. The third-order valence-electron chi connectivity index (χ3n) is 3.87. The standard InChI is InChI=1S/C10H20BNO2.ClH/c1-9(2)10(3,4)14-11(13-9)7-5-8(12)6-7;/h7-8H,5-6,12H2,1-4H3;1H. The summed E-state index contributed by atoms with van der Waals surface area (Å²) in [6.45, 7) is 8.36. The summed E-state index contributed by atoms with van der Waals surface area (Å²) in [5.41, 5.74) is 5.37. The number of hydrogen-bond donors (Lipinski definition) is 1. The molecule has 0 atom stereocenters. The minimum atomic E-state index is -0.197. The molecule has 3 nitrogen and oxygen atoms in total. The van der Waals surface area contributed by atoms with E-state index in [0.717, 1.165) is 12.8 Å². The van der Waals surface area contributed by atoms with Crippen molar-refractivity contribution in [2.45, 2.75) is 63.6 Å². The van der Waals surface area contributed by atoms with E-state index in [-0.39, 0.29) is 30.7 Å². The van der Waals surface area contributed by atoms with Gasteiger partial charge in [-0.05, 0) is 46.4 Å². The molecule has 1 aliphatic carbocycles. The fraction of sp³-hybridized carbons (Fsp3) is 1.00. The van der Waals surface area contributed by atoms with Gasteiger partial charge < -0.3 is 15.0 Å². The molecular formula is C10H21BClNO2. The van der Waals surface area contributed by atoms with Crippen LogP contribution in [0.4, 0.5) is 0 Å². The summed E-state index contributed by atoms with van der Waals surface area (Å²) >= 11 is 0.